The largest absolute Gasteiger partial charge is 0.463 e. The molecule has 0 aromatic carbocycles. The lowest BCUT2D eigenvalue weighted by Crippen LogP contribution is -2.51. The second-order valence-electron chi connectivity index (χ2n) is 4.61. The van der Waals surface area contributed by atoms with Crippen molar-refractivity contribution in [3.8, 4) is 0 Å². The molecule has 112 valence electrons. The summed E-state index contributed by atoms with van der Waals surface area (Å²) in [6, 6.07) is 0. The molecule has 0 amide bonds. The van der Waals surface area contributed by atoms with Crippen molar-refractivity contribution < 1.29 is 13.9 Å². The molecule has 0 fully saturated rings. The van der Waals surface area contributed by atoms with E-state index >= 15 is 0 Å². The normalized spacial score (nSPS) is 26.0. The van der Waals surface area contributed by atoms with Gasteiger partial charge in [-0.3, -0.25) is 4.90 Å². The molecule has 0 saturated carbocycles. The number of rotatable bonds is 6. The molecule has 20 heavy (non-hydrogen) atoms. The molecule has 2 atom stereocenters. The number of allylic oxidation sites excluding steroid dienone is 1. The fourth-order valence-corrected chi connectivity index (χ4v) is 2.63. The summed E-state index contributed by atoms with van der Waals surface area (Å²) in [5.74, 6) is -1.09. The molecule has 1 heterocycles. The lowest BCUT2D eigenvalue weighted by molar-refractivity contribution is -0.137. The smallest absolute Gasteiger partial charge is 0.330 e. The Morgan fingerprint density at radius 1 is 1.70 bits per heavy atom. The van der Waals surface area contributed by atoms with E-state index in [0.29, 0.717) is 12.8 Å². The van der Waals surface area contributed by atoms with Crippen LogP contribution in [-0.4, -0.2) is 47.8 Å². The molecule has 0 saturated heterocycles. The van der Waals surface area contributed by atoms with Gasteiger partial charge in [-0.15, -0.1) is 0 Å². The van der Waals surface area contributed by atoms with E-state index in [-0.39, 0.29) is 11.8 Å². The lowest BCUT2D eigenvalue weighted by atomic mass is 9.89. The number of ether oxygens (including phenoxy) is 1. The molecule has 1 aliphatic heterocycles. The van der Waals surface area contributed by atoms with Crippen molar-refractivity contribution in [2.45, 2.75) is 23.9 Å². The molecule has 0 bridgehead atoms. The molecule has 0 N–H and O–H groups in total. The van der Waals surface area contributed by atoms with Crippen molar-refractivity contribution in [2.24, 2.45) is 4.99 Å². The summed E-state index contributed by atoms with van der Waals surface area (Å²) in [5, 5.41) is -0.222. The maximum atomic E-state index is 13.7. The summed E-state index contributed by atoms with van der Waals surface area (Å²) in [7, 11) is 3.56. The van der Waals surface area contributed by atoms with Gasteiger partial charge >= 0.3 is 5.97 Å². The zero-order valence-corrected chi connectivity index (χ0v) is 12.9. The quantitative estimate of drug-likeness (QED) is 0.248. The fraction of sp³-hybridized carbons (Fsp3) is 0.538. The highest BCUT2D eigenvalue weighted by Gasteiger charge is 2.41. The average molecular weight is 323 g/mol. The molecule has 2 unspecified atom stereocenters. The van der Waals surface area contributed by atoms with Crippen LogP contribution < -0.4 is 0 Å². The predicted molar refractivity (Wildman–Crippen MR) is 78.9 cm³/mol. The zero-order valence-electron chi connectivity index (χ0n) is 11.4. The van der Waals surface area contributed by atoms with E-state index in [1.807, 2.05) is 0 Å². The molecule has 4 nitrogen and oxygen atoms in total. The monoisotopic (exact) mass is 322 g/mol. The van der Waals surface area contributed by atoms with Gasteiger partial charge in [0.05, 0.1) is 12.1 Å². The van der Waals surface area contributed by atoms with Crippen molar-refractivity contribution in [1.82, 2.24) is 4.90 Å². The third kappa shape index (κ3) is 3.81. The minimum Gasteiger partial charge on any atom is -0.463 e. The first kappa shape index (κ1) is 17.1. The van der Waals surface area contributed by atoms with E-state index in [1.54, 1.807) is 19.0 Å². The van der Waals surface area contributed by atoms with Crippen LogP contribution in [0.5, 0.6) is 0 Å². The first-order valence-corrected chi connectivity index (χ1v) is 6.87. The summed E-state index contributed by atoms with van der Waals surface area (Å²) in [6.07, 6.45) is 3.45. The molecular weight excluding hydrogens is 306 g/mol. The number of hydrogen-bond acceptors (Lipinski definition) is 4. The van der Waals surface area contributed by atoms with Gasteiger partial charge in [0.1, 0.15) is 5.50 Å². The summed E-state index contributed by atoms with van der Waals surface area (Å²) in [5.41, 5.74) is -1.51. The van der Waals surface area contributed by atoms with E-state index in [2.05, 4.69) is 11.6 Å². The summed E-state index contributed by atoms with van der Waals surface area (Å²) < 4.78 is 18.6. The Morgan fingerprint density at radius 3 is 2.90 bits per heavy atom. The Labute approximate surface area is 127 Å². The number of halogens is 3. The maximum absolute atomic E-state index is 13.7. The number of carbonyl (C=O) groups is 1. The van der Waals surface area contributed by atoms with E-state index < -0.39 is 22.8 Å². The third-order valence-corrected chi connectivity index (χ3v) is 3.93. The fourth-order valence-electron chi connectivity index (χ4n) is 1.96. The number of nitrogens with zero attached hydrogens (tertiary/aromatic N) is 2. The van der Waals surface area contributed by atoms with Gasteiger partial charge in [-0.1, -0.05) is 29.8 Å². The number of dihydropyridines is 1. The molecule has 1 aliphatic rings. The van der Waals surface area contributed by atoms with Gasteiger partial charge in [0.25, 0.3) is 0 Å². The van der Waals surface area contributed by atoms with Crippen LogP contribution in [0.1, 0.15) is 12.8 Å². The number of esters is 1. The van der Waals surface area contributed by atoms with E-state index in [9.17, 15) is 9.18 Å². The van der Waals surface area contributed by atoms with E-state index in [4.69, 9.17) is 27.9 Å². The van der Waals surface area contributed by atoms with Gasteiger partial charge in [-0.05, 0) is 33.0 Å². The minimum absolute atomic E-state index is 0.205. The standard InChI is InChI=1S/C13H17Cl2FN2O2/c1-4-10(19)20-7-5-6-13(18(2)3)8-9(16)11(14)17-12(13)15/h4,8,12H,1,5-7H2,2-3H3. The number of likely N-dealkylation sites (N-methyl/N-ethyl adjacent to an activating group) is 1. The van der Waals surface area contributed by atoms with Crippen LogP contribution in [0.25, 0.3) is 0 Å². The van der Waals surface area contributed by atoms with E-state index in [1.165, 1.54) is 6.08 Å². The first-order valence-electron chi connectivity index (χ1n) is 6.06. The van der Waals surface area contributed by atoms with Gasteiger partial charge in [0.15, 0.2) is 11.0 Å². The zero-order chi connectivity index (χ0) is 15.3. The Hall–Kier alpha value is -0.910. The van der Waals surface area contributed by atoms with Crippen LogP contribution in [0, 0.1) is 0 Å². The van der Waals surface area contributed by atoms with Crippen LogP contribution in [0.3, 0.4) is 0 Å². The van der Waals surface area contributed by atoms with Crippen LogP contribution in [0.4, 0.5) is 4.39 Å². The van der Waals surface area contributed by atoms with Gasteiger partial charge < -0.3 is 4.74 Å². The summed E-state index contributed by atoms with van der Waals surface area (Å²) in [4.78, 5) is 16.6. The van der Waals surface area contributed by atoms with E-state index in [0.717, 1.165) is 6.08 Å². The van der Waals surface area contributed by atoms with Crippen LogP contribution in [0.15, 0.2) is 29.6 Å². The minimum atomic E-state index is -0.801. The molecule has 1 rings (SSSR count). The maximum Gasteiger partial charge on any atom is 0.330 e. The highest BCUT2D eigenvalue weighted by atomic mass is 35.5. The Bertz CT molecular complexity index is 452. The molecule has 0 aliphatic carbocycles. The van der Waals surface area contributed by atoms with Gasteiger partial charge in [-0.25, -0.2) is 14.2 Å². The molecule has 0 spiro atoms. The number of alkyl halides is 1. The van der Waals surface area contributed by atoms with Crippen molar-refractivity contribution in [2.75, 3.05) is 20.7 Å². The van der Waals surface area contributed by atoms with Crippen molar-refractivity contribution in [3.63, 3.8) is 0 Å². The summed E-state index contributed by atoms with van der Waals surface area (Å²) in [6.45, 7) is 3.51. The summed E-state index contributed by atoms with van der Waals surface area (Å²) >= 11 is 11.9. The van der Waals surface area contributed by atoms with Gasteiger partial charge in [0, 0.05) is 6.08 Å². The number of hydrogen-bond donors (Lipinski definition) is 0. The highest BCUT2D eigenvalue weighted by molar-refractivity contribution is 6.69. The average Bonchev–Trinajstić information content (AvgIpc) is 2.39. The highest BCUT2D eigenvalue weighted by Crippen LogP contribution is 2.35. The van der Waals surface area contributed by atoms with Crippen molar-refractivity contribution in [3.05, 3.63) is 24.6 Å². The van der Waals surface area contributed by atoms with Gasteiger partial charge in [0.2, 0.25) is 0 Å². The predicted octanol–water partition coefficient (Wildman–Crippen LogP) is 2.87. The Balaban J connectivity index is 2.74. The third-order valence-electron chi connectivity index (χ3n) is 3.18. The van der Waals surface area contributed by atoms with Crippen molar-refractivity contribution in [1.29, 1.82) is 0 Å². The first-order chi connectivity index (χ1) is 9.33. The topological polar surface area (TPSA) is 41.9 Å². The van der Waals surface area contributed by atoms with Gasteiger partial charge in [-0.2, -0.15) is 0 Å². The molecule has 0 aromatic heterocycles. The number of carbonyl (C=O) groups excluding carboxylic acids is 1. The van der Waals surface area contributed by atoms with Crippen LogP contribution >= 0.6 is 23.2 Å². The molecule has 0 aromatic rings. The Morgan fingerprint density at radius 2 is 2.35 bits per heavy atom. The molecular formula is C13H17Cl2FN2O2. The lowest BCUT2D eigenvalue weighted by Gasteiger charge is -2.41. The van der Waals surface area contributed by atoms with Crippen LogP contribution in [0.2, 0.25) is 0 Å². The number of aliphatic imine (C=N–C) groups is 1. The van der Waals surface area contributed by atoms with Crippen LogP contribution in [-0.2, 0) is 9.53 Å². The van der Waals surface area contributed by atoms with Crippen molar-refractivity contribution >= 4 is 34.3 Å². The second kappa shape index (κ2) is 7.20. The second-order valence-corrected chi connectivity index (χ2v) is 5.38. The Kier molecular flexibility index (Phi) is 6.17. The molecule has 7 heteroatoms. The molecule has 0 radical (unpaired) electrons. The SMILES string of the molecule is C=CC(=O)OCCCC1(N(C)C)C=C(F)C(Cl)=NC1Cl.